The lowest BCUT2D eigenvalue weighted by atomic mass is 10.1. The minimum atomic E-state index is -0.611. The third-order valence-corrected chi connectivity index (χ3v) is 3.41. The molecule has 0 aliphatic carbocycles. The highest BCUT2D eigenvalue weighted by molar-refractivity contribution is 6.34. The quantitative estimate of drug-likeness (QED) is 0.664. The van der Waals surface area contributed by atoms with Gasteiger partial charge in [0.2, 0.25) is 0 Å². The molecule has 0 radical (unpaired) electrons. The molecule has 1 aliphatic rings. The number of hydrogen-bond donors (Lipinski definition) is 1. The minimum absolute atomic E-state index is 0.0694. The summed E-state index contributed by atoms with van der Waals surface area (Å²) in [5.41, 5.74) is 5.14. The molecule has 108 valence electrons. The molecular weight excluding hydrogens is 286 g/mol. The third-order valence-electron chi connectivity index (χ3n) is 3.09. The maximum absolute atomic E-state index is 12.4. The van der Waals surface area contributed by atoms with E-state index in [9.17, 15) is 14.9 Å². The van der Waals surface area contributed by atoms with Crippen LogP contribution < -0.4 is 5.73 Å². The van der Waals surface area contributed by atoms with E-state index in [0.29, 0.717) is 19.7 Å². The number of halogens is 1. The Morgan fingerprint density at radius 2 is 2.35 bits per heavy atom. The summed E-state index contributed by atoms with van der Waals surface area (Å²) in [6.07, 6.45) is -0.255. The Bertz CT molecular complexity index is 537. The van der Waals surface area contributed by atoms with Crippen LogP contribution in [0.25, 0.3) is 0 Å². The van der Waals surface area contributed by atoms with E-state index in [-0.39, 0.29) is 28.9 Å². The number of benzene rings is 1. The van der Waals surface area contributed by atoms with Crippen molar-refractivity contribution >= 4 is 23.2 Å². The summed E-state index contributed by atoms with van der Waals surface area (Å²) in [7, 11) is 0. The van der Waals surface area contributed by atoms with Crippen LogP contribution in [0, 0.1) is 10.1 Å². The van der Waals surface area contributed by atoms with Gasteiger partial charge in [-0.25, -0.2) is 0 Å². The second-order valence-corrected chi connectivity index (χ2v) is 4.78. The van der Waals surface area contributed by atoms with E-state index in [1.165, 1.54) is 23.1 Å². The maximum atomic E-state index is 12.4. The molecule has 2 rings (SSSR count). The fraction of sp³-hybridized carbons (Fsp3) is 0.417. The molecule has 0 bridgehead atoms. The van der Waals surface area contributed by atoms with Crippen molar-refractivity contribution in [3.63, 3.8) is 0 Å². The Labute approximate surface area is 120 Å². The molecule has 0 spiro atoms. The van der Waals surface area contributed by atoms with Crippen LogP contribution in [0.3, 0.4) is 0 Å². The van der Waals surface area contributed by atoms with Crippen molar-refractivity contribution in [3.05, 3.63) is 38.9 Å². The van der Waals surface area contributed by atoms with E-state index in [1.54, 1.807) is 0 Å². The minimum Gasteiger partial charge on any atom is -0.373 e. The highest BCUT2D eigenvalue weighted by atomic mass is 35.5. The van der Waals surface area contributed by atoms with Crippen LogP contribution in [0.5, 0.6) is 0 Å². The van der Waals surface area contributed by atoms with E-state index in [4.69, 9.17) is 22.1 Å². The fourth-order valence-corrected chi connectivity index (χ4v) is 2.33. The second-order valence-electron chi connectivity index (χ2n) is 4.37. The van der Waals surface area contributed by atoms with E-state index in [2.05, 4.69) is 0 Å². The van der Waals surface area contributed by atoms with Crippen molar-refractivity contribution < 1.29 is 14.5 Å². The lowest BCUT2D eigenvalue weighted by molar-refractivity contribution is -0.385. The first-order valence-electron chi connectivity index (χ1n) is 6.08. The molecule has 0 aromatic heterocycles. The van der Waals surface area contributed by atoms with Gasteiger partial charge in [0.25, 0.3) is 11.6 Å². The first-order chi connectivity index (χ1) is 9.54. The van der Waals surface area contributed by atoms with Crippen LogP contribution in [0.2, 0.25) is 5.02 Å². The van der Waals surface area contributed by atoms with Crippen molar-refractivity contribution in [2.24, 2.45) is 5.73 Å². The van der Waals surface area contributed by atoms with Gasteiger partial charge in [-0.05, 0) is 6.07 Å². The lowest BCUT2D eigenvalue weighted by Gasteiger charge is -2.32. The van der Waals surface area contributed by atoms with Crippen LogP contribution in [-0.2, 0) is 4.74 Å². The molecule has 1 fully saturated rings. The Balaban J connectivity index is 2.31. The van der Waals surface area contributed by atoms with Crippen molar-refractivity contribution in [3.8, 4) is 0 Å². The van der Waals surface area contributed by atoms with Crippen molar-refractivity contribution in [2.45, 2.75) is 6.10 Å². The van der Waals surface area contributed by atoms with Gasteiger partial charge in [-0.15, -0.1) is 0 Å². The van der Waals surface area contributed by atoms with Crippen LogP contribution >= 0.6 is 11.6 Å². The van der Waals surface area contributed by atoms with Gasteiger partial charge in [0.05, 0.1) is 22.7 Å². The Hall–Kier alpha value is -1.70. The second kappa shape index (κ2) is 6.17. The van der Waals surface area contributed by atoms with Gasteiger partial charge in [-0.3, -0.25) is 14.9 Å². The normalized spacial score (nSPS) is 18.9. The van der Waals surface area contributed by atoms with Gasteiger partial charge < -0.3 is 15.4 Å². The number of hydrogen-bond acceptors (Lipinski definition) is 5. The molecule has 0 saturated carbocycles. The number of nitrogens with zero attached hydrogens (tertiary/aromatic N) is 2. The molecule has 1 amide bonds. The van der Waals surface area contributed by atoms with E-state index in [0.717, 1.165) is 0 Å². The summed E-state index contributed by atoms with van der Waals surface area (Å²) >= 11 is 5.95. The predicted molar refractivity (Wildman–Crippen MR) is 72.8 cm³/mol. The molecule has 1 aromatic carbocycles. The smallest absolute Gasteiger partial charge is 0.283 e. The Morgan fingerprint density at radius 1 is 1.60 bits per heavy atom. The molecule has 20 heavy (non-hydrogen) atoms. The lowest BCUT2D eigenvalue weighted by Crippen LogP contribution is -2.48. The average Bonchev–Trinajstić information content (AvgIpc) is 2.46. The number of morpholine rings is 1. The van der Waals surface area contributed by atoms with Crippen LogP contribution in [-0.4, -0.2) is 48.1 Å². The topological polar surface area (TPSA) is 98.7 Å². The molecule has 7 nitrogen and oxygen atoms in total. The fourth-order valence-electron chi connectivity index (χ4n) is 2.08. The van der Waals surface area contributed by atoms with Crippen LogP contribution in [0.1, 0.15) is 10.4 Å². The molecular formula is C12H14ClN3O4. The standard InChI is InChI=1S/C12H14ClN3O4/c13-9-2-1-3-10(16(18)19)11(9)12(17)15-4-5-20-8(6-14)7-15/h1-3,8H,4-7,14H2. The van der Waals surface area contributed by atoms with Crippen molar-refractivity contribution in [1.82, 2.24) is 4.90 Å². The van der Waals surface area contributed by atoms with Gasteiger partial charge in [-0.1, -0.05) is 17.7 Å². The van der Waals surface area contributed by atoms with E-state index in [1.807, 2.05) is 0 Å². The van der Waals surface area contributed by atoms with Crippen LogP contribution in [0.4, 0.5) is 5.69 Å². The summed E-state index contributed by atoms with van der Waals surface area (Å²) in [4.78, 5) is 24.3. The molecule has 2 N–H and O–H groups in total. The van der Waals surface area contributed by atoms with E-state index >= 15 is 0 Å². The number of amides is 1. The van der Waals surface area contributed by atoms with E-state index < -0.39 is 10.8 Å². The molecule has 1 saturated heterocycles. The highest BCUT2D eigenvalue weighted by Gasteiger charge is 2.30. The van der Waals surface area contributed by atoms with Gasteiger partial charge in [0.15, 0.2) is 0 Å². The molecule has 1 heterocycles. The van der Waals surface area contributed by atoms with Gasteiger partial charge in [-0.2, -0.15) is 0 Å². The largest absolute Gasteiger partial charge is 0.373 e. The summed E-state index contributed by atoms with van der Waals surface area (Å²) in [5, 5.41) is 11.1. The number of carbonyl (C=O) groups excluding carboxylic acids is 1. The zero-order valence-corrected chi connectivity index (χ0v) is 11.4. The first kappa shape index (κ1) is 14.7. The van der Waals surface area contributed by atoms with Crippen LogP contribution in [0.15, 0.2) is 18.2 Å². The molecule has 1 unspecified atom stereocenters. The molecule has 1 aliphatic heterocycles. The summed E-state index contributed by atoms with van der Waals surface area (Å²) in [6, 6.07) is 4.17. The monoisotopic (exact) mass is 299 g/mol. The average molecular weight is 300 g/mol. The number of carbonyl (C=O) groups is 1. The van der Waals surface area contributed by atoms with Gasteiger partial charge in [0, 0.05) is 25.7 Å². The third kappa shape index (κ3) is 2.90. The van der Waals surface area contributed by atoms with Gasteiger partial charge >= 0.3 is 0 Å². The number of nitro benzene ring substituents is 1. The molecule has 8 heteroatoms. The molecule has 1 atom stereocenters. The molecule has 1 aromatic rings. The Morgan fingerprint density at radius 3 is 3.00 bits per heavy atom. The van der Waals surface area contributed by atoms with Gasteiger partial charge in [0.1, 0.15) is 5.56 Å². The number of ether oxygens (including phenoxy) is 1. The SMILES string of the molecule is NCC1CN(C(=O)c2c(Cl)cccc2[N+](=O)[O-])CCO1. The maximum Gasteiger partial charge on any atom is 0.283 e. The highest BCUT2D eigenvalue weighted by Crippen LogP contribution is 2.28. The first-order valence-corrected chi connectivity index (χ1v) is 6.46. The predicted octanol–water partition coefficient (Wildman–Crippen LogP) is 1.05. The summed E-state index contributed by atoms with van der Waals surface area (Å²) < 4.78 is 5.37. The van der Waals surface area contributed by atoms with Crippen molar-refractivity contribution in [2.75, 3.05) is 26.2 Å². The van der Waals surface area contributed by atoms with Crippen molar-refractivity contribution in [1.29, 1.82) is 0 Å². The number of nitro groups is 1. The summed E-state index contributed by atoms with van der Waals surface area (Å²) in [6.45, 7) is 1.30. The Kier molecular flexibility index (Phi) is 4.53. The zero-order chi connectivity index (χ0) is 14.7. The number of nitrogens with two attached hydrogens (primary N) is 1. The number of rotatable bonds is 3. The summed E-state index contributed by atoms with van der Waals surface area (Å²) in [5.74, 6) is -0.468. The zero-order valence-electron chi connectivity index (χ0n) is 10.6.